The van der Waals surface area contributed by atoms with Gasteiger partial charge in [-0.15, -0.1) is 0 Å². The van der Waals surface area contributed by atoms with Crippen LogP contribution < -0.4 is 0 Å². The van der Waals surface area contributed by atoms with Crippen LogP contribution in [0.15, 0.2) is 36.7 Å². The topological polar surface area (TPSA) is 52.2 Å². The van der Waals surface area contributed by atoms with E-state index in [1.54, 1.807) is 13.4 Å². The quantitative estimate of drug-likeness (QED) is 0.791. The first-order valence-electron chi connectivity index (χ1n) is 6.49. The number of aromatic nitrogens is 2. The van der Waals surface area contributed by atoms with Crippen molar-refractivity contribution >= 4 is 18.8 Å². The lowest BCUT2D eigenvalue weighted by Crippen LogP contribution is -2.44. The Labute approximate surface area is 123 Å². The highest BCUT2D eigenvalue weighted by Gasteiger charge is 2.34. The lowest BCUT2D eigenvalue weighted by atomic mass is 9.96. The molecule has 20 heavy (non-hydrogen) atoms. The zero-order chi connectivity index (χ0) is 14.1. The molecule has 1 unspecified atom stereocenters. The second-order valence-electron chi connectivity index (χ2n) is 4.83. The van der Waals surface area contributed by atoms with Crippen molar-refractivity contribution < 1.29 is 4.79 Å². The summed E-state index contributed by atoms with van der Waals surface area (Å²) in [5, 5.41) is 0. The van der Waals surface area contributed by atoms with E-state index in [0.29, 0.717) is 6.54 Å². The minimum Gasteiger partial charge on any atom is -0.348 e. The van der Waals surface area contributed by atoms with Crippen molar-refractivity contribution in [2.75, 3.05) is 13.6 Å². The predicted octanol–water partition coefficient (Wildman–Crippen LogP) is 2.25. The molecular weight excluding hydrogens is 272 g/mol. The van der Waals surface area contributed by atoms with Crippen LogP contribution in [0.2, 0.25) is 0 Å². The summed E-state index contributed by atoms with van der Waals surface area (Å²) in [6, 6.07) is 9.69. The van der Waals surface area contributed by atoms with E-state index in [1.807, 2.05) is 35.2 Å². The summed E-state index contributed by atoms with van der Waals surface area (Å²) in [7, 11) is 1.65. The molecule has 1 aromatic carbocycles. The number of imidazole rings is 1. The number of hydrogen-bond donors (Lipinski definition) is 2. The van der Waals surface area contributed by atoms with Crippen molar-refractivity contribution in [2.24, 2.45) is 0 Å². The van der Waals surface area contributed by atoms with Crippen LogP contribution in [0.5, 0.6) is 0 Å². The van der Waals surface area contributed by atoms with E-state index in [-0.39, 0.29) is 12.1 Å². The molecule has 1 aliphatic rings. The van der Waals surface area contributed by atoms with Gasteiger partial charge in [0.2, 0.25) is 0 Å². The van der Waals surface area contributed by atoms with E-state index in [0.717, 1.165) is 23.4 Å². The number of amides is 2. The van der Waals surface area contributed by atoms with Crippen LogP contribution in [-0.4, -0.2) is 38.8 Å². The molecule has 2 amide bonds. The number of nitrogens with one attached hydrogen (secondary N) is 1. The summed E-state index contributed by atoms with van der Waals surface area (Å²) in [5.74, 6) is 0. The third-order valence-corrected chi connectivity index (χ3v) is 3.73. The number of thiol groups is 1. The molecule has 1 N–H and O–H groups in total. The maximum absolute atomic E-state index is 12.4. The first-order chi connectivity index (χ1) is 9.68. The number of rotatable bonds is 1. The van der Waals surface area contributed by atoms with Crippen LogP contribution in [0, 0.1) is 0 Å². The van der Waals surface area contributed by atoms with E-state index < -0.39 is 0 Å². The molecule has 1 aromatic heterocycles. The van der Waals surface area contributed by atoms with Gasteiger partial charge in [0.15, 0.2) is 0 Å². The zero-order valence-electron chi connectivity index (χ0n) is 11.2. The third-order valence-electron chi connectivity index (χ3n) is 3.56. The minimum absolute atomic E-state index is 0.115. The molecule has 0 saturated heterocycles. The molecule has 0 saturated carbocycles. The molecule has 104 valence electrons. The second-order valence-corrected chi connectivity index (χ2v) is 5.43. The molecular formula is C14H16N4OS. The molecule has 5 nitrogen and oxygen atoms in total. The normalized spacial score (nSPS) is 17.7. The number of carbonyl (C=O) groups is 1. The highest BCUT2D eigenvalue weighted by molar-refractivity contribution is 7.78. The molecule has 0 radical (unpaired) electrons. The molecule has 3 rings (SSSR count). The first-order valence-corrected chi connectivity index (χ1v) is 6.89. The number of benzene rings is 1. The summed E-state index contributed by atoms with van der Waals surface area (Å²) < 4.78 is 1.31. The molecule has 0 bridgehead atoms. The number of hydrogen-bond acceptors (Lipinski definition) is 3. The molecule has 0 fully saturated rings. The van der Waals surface area contributed by atoms with Gasteiger partial charge in [-0.3, -0.25) is 4.31 Å². The predicted molar refractivity (Wildman–Crippen MR) is 79.4 cm³/mol. The average Bonchev–Trinajstić information content (AvgIpc) is 2.94. The number of urea groups is 1. The lowest BCUT2D eigenvalue weighted by Gasteiger charge is -2.36. The van der Waals surface area contributed by atoms with E-state index in [2.05, 4.69) is 22.8 Å². The summed E-state index contributed by atoms with van der Waals surface area (Å²) in [4.78, 5) is 21.7. The van der Waals surface area contributed by atoms with Crippen LogP contribution in [0.3, 0.4) is 0 Å². The fraction of sp³-hybridized carbons (Fsp3) is 0.286. The monoisotopic (exact) mass is 288 g/mol. The van der Waals surface area contributed by atoms with Gasteiger partial charge in [-0.2, -0.15) is 0 Å². The van der Waals surface area contributed by atoms with Gasteiger partial charge in [-0.1, -0.05) is 43.1 Å². The molecule has 1 aliphatic heterocycles. The Bertz CT molecular complexity index is 611. The maximum atomic E-state index is 12.4. The van der Waals surface area contributed by atoms with Crippen molar-refractivity contribution in [1.82, 2.24) is 19.2 Å². The highest BCUT2D eigenvalue weighted by Crippen LogP contribution is 2.33. The number of fused-ring (bicyclic) bond motifs is 1. The van der Waals surface area contributed by atoms with Gasteiger partial charge in [0.1, 0.15) is 6.04 Å². The molecule has 1 atom stereocenters. The Kier molecular flexibility index (Phi) is 3.40. The van der Waals surface area contributed by atoms with Crippen LogP contribution in [0.4, 0.5) is 4.79 Å². The Balaban J connectivity index is 2.06. The Hall–Kier alpha value is -1.95. The van der Waals surface area contributed by atoms with Crippen molar-refractivity contribution in [3.8, 4) is 0 Å². The largest absolute Gasteiger partial charge is 0.348 e. The second kappa shape index (κ2) is 5.20. The van der Waals surface area contributed by atoms with E-state index in [9.17, 15) is 4.79 Å². The van der Waals surface area contributed by atoms with Gasteiger partial charge in [0.05, 0.1) is 12.0 Å². The van der Waals surface area contributed by atoms with Crippen LogP contribution in [-0.2, 0) is 6.42 Å². The Morgan fingerprint density at radius 2 is 2.20 bits per heavy atom. The Morgan fingerprint density at radius 3 is 2.90 bits per heavy atom. The number of carbonyl (C=O) groups excluding carboxylic acids is 1. The Morgan fingerprint density at radius 1 is 1.45 bits per heavy atom. The van der Waals surface area contributed by atoms with Crippen molar-refractivity contribution in [3.63, 3.8) is 0 Å². The molecule has 2 heterocycles. The van der Waals surface area contributed by atoms with Gasteiger partial charge < -0.3 is 9.88 Å². The lowest BCUT2D eigenvalue weighted by molar-refractivity contribution is 0.167. The van der Waals surface area contributed by atoms with Crippen molar-refractivity contribution in [1.29, 1.82) is 0 Å². The van der Waals surface area contributed by atoms with Crippen molar-refractivity contribution in [3.05, 3.63) is 53.6 Å². The minimum atomic E-state index is -0.159. The van der Waals surface area contributed by atoms with Gasteiger partial charge in [0, 0.05) is 25.7 Å². The molecule has 2 aromatic rings. The number of nitrogens with zero attached hydrogens (tertiary/aromatic N) is 3. The summed E-state index contributed by atoms with van der Waals surface area (Å²) in [6.45, 7) is 0.651. The van der Waals surface area contributed by atoms with Crippen LogP contribution in [0.25, 0.3) is 0 Å². The van der Waals surface area contributed by atoms with Gasteiger partial charge in [-0.25, -0.2) is 9.78 Å². The van der Waals surface area contributed by atoms with Crippen molar-refractivity contribution in [2.45, 2.75) is 12.5 Å². The third kappa shape index (κ3) is 2.16. The maximum Gasteiger partial charge on any atom is 0.330 e. The molecule has 0 spiro atoms. The average molecular weight is 288 g/mol. The smallest absolute Gasteiger partial charge is 0.330 e. The fourth-order valence-corrected chi connectivity index (χ4v) is 2.76. The highest BCUT2D eigenvalue weighted by atomic mass is 32.1. The van der Waals surface area contributed by atoms with E-state index in [4.69, 9.17) is 0 Å². The van der Waals surface area contributed by atoms with E-state index in [1.165, 1.54) is 4.31 Å². The first kappa shape index (κ1) is 13.1. The molecule has 0 aliphatic carbocycles. The van der Waals surface area contributed by atoms with Crippen LogP contribution in [0.1, 0.15) is 23.0 Å². The van der Waals surface area contributed by atoms with Crippen LogP contribution >= 0.6 is 12.8 Å². The number of H-pyrrole nitrogens is 1. The summed E-state index contributed by atoms with van der Waals surface area (Å²) in [6.07, 6.45) is 2.48. The van der Waals surface area contributed by atoms with Gasteiger partial charge in [-0.05, 0) is 5.56 Å². The molecule has 6 heteroatoms. The summed E-state index contributed by atoms with van der Waals surface area (Å²) in [5.41, 5.74) is 3.08. The standard InChI is InChI=1S/C14H16N4OS/c1-17(20)14(19)18-8-7-11-12(16-9-15-11)13(18)10-5-3-2-4-6-10/h2-6,9,13,20H,7-8H2,1H3,(H,15,16). The zero-order valence-corrected chi connectivity index (χ0v) is 12.0. The number of aromatic amines is 1. The van der Waals surface area contributed by atoms with Gasteiger partial charge in [0.25, 0.3) is 0 Å². The van der Waals surface area contributed by atoms with E-state index >= 15 is 0 Å². The van der Waals surface area contributed by atoms with Gasteiger partial charge >= 0.3 is 6.03 Å². The SMILES string of the molecule is CN(S)C(=O)N1CCc2[nH]cnc2C1c1ccccc1. The fourth-order valence-electron chi connectivity index (χ4n) is 2.64. The summed E-state index contributed by atoms with van der Waals surface area (Å²) >= 11 is 4.13.